The summed E-state index contributed by atoms with van der Waals surface area (Å²) in [5.41, 5.74) is 2.06. The average molecular weight is 334 g/mol. The number of carbonyl (C=O) groups is 2. The van der Waals surface area contributed by atoms with Crippen molar-refractivity contribution in [2.75, 3.05) is 13.1 Å². The van der Waals surface area contributed by atoms with Gasteiger partial charge >= 0.3 is 0 Å². The van der Waals surface area contributed by atoms with Gasteiger partial charge in [-0.05, 0) is 48.5 Å². The van der Waals surface area contributed by atoms with Crippen LogP contribution in [0.25, 0.3) is 5.69 Å². The minimum absolute atomic E-state index is 0.172. The summed E-state index contributed by atoms with van der Waals surface area (Å²) in [6, 6.07) is 14.6. The molecule has 0 radical (unpaired) electrons. The molecule has 6 nitrogen and oxygen atoms in total. The number of carbonyl (C=O) groups excluding carboxylic acids is 2. The fraction of sp³-hybridized carbons (Fsp3) is 0.105. The van der Waals surface area contributed by atoms with Crippen LogP contribution < -0.4 is 10.6 Å². The average Bonchev–Trinajstić information content (AvgIpc) is 3.20. The van der Waals surface area contributed by atoms with Crippen molar-refractivity contribution in [2.24, 2.45) is 0 Å². The van der Waals surface area contributed by atoms with Crippen LogP contribution in [0.5, 0.6) is 0 Å². The molecule has 2 amide bonds. The van der Waals surface area contributed by atoms with Crippen molar-refractivity contribution in [3.63, 3.8) is 0 Å². The maximum atomic E-state index is 12.1. The Morgan fingerprint density at radius 1 is 0.840 bits per heavy atom. The minimum Gasteiger partial charge on any atom is -0.350 e. The van der Waals surface area contributed by atoms with E-state index in [0.717, 1.165) is 5.69 Å². The van der Waals surface area contributed by atoms with Crippen LogP contribution in [0.2, 0.25) is 0 Å². The first-order valence-corrected chi connectivity index (χ1v) is 7.94. The first-order chi connectivity index (χ1) is 12.2. The van der Waals surface area contributed by atoms with Crippen molar-refractivity contribution >= 4 is 11.8 Å². The van der Waals surface area contributed by atoms with E-state index in [1.54, 1.807) is 30.5 Å². The number of pyridine rings is 1. The fourth-order valence-corrected chi connectivity index (χ4v) is 2.34. The number of hydrogen-bond donors (Lipinski definition) is 2. The number of aromatic nitrogens is 2. The van der Waals surface area contributed by atoms with Crippen LogP contribution in [-0.2, 0) is 0 Å². The summed E-state index contributed by atoms with van der Waals surface area (Å²) >= 11 is 0. The van der Waals surface area contributed by atoms with Gasteiger partial charge in [-0.2, -0.15) is 0 Å². The van der Waals surface area contributed by atoms with Gasteiger partial charge in [-0.15, -0.1) is 0 Å². The Balaban J connectivity index is 1.46. The van der Waals surface area contributed by atoms with E-state index in [1.807, 2.05) is 41.2 Å². The summed E-state index contributed by atoms with van der Waals surface area (Å²) in [7, 11) is 0. The lowest BCUT2D eigenvalue weighted by Gasteiger charge is -2.08. The molecule has 0 saturated carbocycles. The fourth-order valence-electron chi connectivity index (χ4n) is 2.34. The van der Waals surface area contributed by atoms with Crippen LogP contribution in [0, 0.1) is 0 Å². The van der Waals surface area contributed by atoms with Gasteiger partial charge in [0.1, 0.15) is 0 Å². The molecule has 0 unspecified atom stereocenters. The number of amides is 2. The Hall–Kier alpha value is -3.41. The van der Waals surface area contributed by atoms with Crippen LogP contribution in [0.4, 0.5) is 0 Å². The molecule has 2 N–H and O–H groups in total. The Bertz CT molecular complexity index is 828. The first-order valence-electron chi connectivity index (χ1n) is 7.94. The van der Waals surface area contributed by atoms with Gasteiger partial charge in [-0.1, -0.05) is 0 Å². The predicted octanol–water partition coefficient (Wildman–Crippen LogP) is 2.03. The van der Waals surface area contributed by atoms with Crippen LogP contribution in [0.3, 0.4) is 0 Å². The Morgan fingerprint density at radius 3 is 2.08 bits per heavy atom. The molecule has 0 saturated heterocycles. The maximum absolute atomic E-state index is 12.1. The van der Waals surface area contributed by atoms with Crippen molar-refractivity contribution in [3.05, 3.63) is 84.4 Å². The lowest BCUT2D eigenvalue weighted by Crippen LogP contribution is -2.34. The van der Waals surface area contributed by atoms with Crippen molar-refractivity contribution in [1.29, 1.82) is 0 Å². The molecule has 3 aromatic rings. The Morgan fingerprint density at radius 2 is 1.48 bits per heavy atom. The summed E-state index contributed by atoms with van der Waals surface area (Å²) in [4.78, 5) is 27.9. The minimum atomic E-state index is -0.210. The number of nitrogens with one attached hydrogen (secondary N) is 2. The maximum Gasteiger partial charge on any atom is 0.252 e. The van der Waals surface area contributed by atoms with Crippen LogP contribution in [0.15, 0.2) is 73.3 Å². The van der Waals surface area contributed by atoms with Gasteiger partial charge in [0, 0.05) is 49.1 Å². The second-order valence-corrected chi connectivity index (χ2v) is 5.39. The van der Waals surface area contributed by atoms with E-state index in [0.29, 0.717) is 24.2 Å². The molecule has 3 rings (SSSR count). The van der Waals surface area contributed by atoms with Gasteiger partial charge in [-0.25, -0.2) is 0 Å². The summed E-state index contributed by atoms with van der Waals surface area (Å²) in [5.74, 6) is -0.381. The van der Waals surface area contributed by atoms with Gasteiger partial charge in [0.05, 0.1) is 5.56 Å². The van der Waals surface area contributed by atoms with Gasteiger partial charge in [0.25, 0.3) is 11.8 Å². The quantitative estimate of drug-likeness (QED) is 0.677. The molecule has 2 aromatic heterocycles. The highest BCUT2D eigenvalue weighted by Gasteiger charge is 2.07. The molecular formula is C19H18N4O2. The molecule has 0 fully saturated rings. The highest BCUT2D eigenvalue weighted by molar-refractivity contribution is 5.95. The summed E-state index contributed by atoms with van der Waals surface area (Å²) in [5, 5.41) is 5.52. The van der Waals surface area contributed by atoms with E-state index in [2.05, 4.69) is 15.6 Å². The van der Waals surface area contributed by atoms with Crippen LogP contribution in [-0.4, -0.2) is 34.5 Å². The van der Waals surface area contributed by atoms with Gasteiger partial charge in [0.15, 0.2) is 0 Å². The van der Waals surface area contributed by atoms with Gasteiger partial charge in [0.2, 0.25) is 0 Å². The molecule has 0 atom stereocenters. The summed E-state index contributed by atoms with van der Waals surface area (Å²) < 4.78 is 1.97. The zero-order valence-corrected chi connectivity index (χ0v) is 13.6. The van der Waals surface area contributed by atoms with Gasteiger partial charge < -0.3 is 15.2 Å². The molecule has 0 aliphatic heterocycles. The molecule has 0 spiro atoms. The smallest absolute Gasteiger partial charge is 0.252 e. The van der Waals surface area contributed by atoms with Crippen molar-refractivity contribution in [2.45, 2.75) is 0 Å². The van der Waals surface area contributed by atoms with E-state index in [4.69, 9.17) is 0 Å². The predicted molar refractivity (Wildman–Crippen MR) is 94.7 cm³/mol. The molecule has 126 valence electrons. The summed E-state index contributed by atoms with van der Waals surface area (Å²) in [6.45, 7) is 0.700. The third-order valence-corrected chi connectivity index (χ3v) is 3.65. The van der Waals surface area contributed by atoms with Crippen molar-refractivity contribution in [1.82, 2.24) is 20.2 Å². The largest absolute Gasteiger partial charge is 0.350 e. The van der Waals surface area contributed by atoms with Crippen molar-refractivity contribution in [3.8, 4) is 5.69 Å². The second-order valence-electron chi connectivity index (χ2n) is 5.39. The third-order valence-electron chi connectivity index (χ3n) is 3.65. The Kier molecular flexibility index (Phi) is 5.21. The molecule has 0 aliphatic rings. The zero-order chi connectivity index (χ0) is 17.5. The molecule has 0 aliphatic carbocycles. The van der Waals surface area contributed by atoms with E-state index in [-0.39, 0.29) is 11.8 Å². The van der Waals surface area contributed by atoms with E-state index in [1.165, 1.54) is 6.20 Å². The number of nitrogens with zero attached hydrogens (tertiary/aromatic N) is 2. The van der Waals surface area contributed by atoms with Gasteiger partial charge in [-0.3, -0.25) is 14.6 Å². The number of benzene rings is 1. The monoisotopic (exact) mass is 334 g/mol. The highest BCUT2D eigenvalue weighted by Crippen LogP contribution is 2.09. The molecule has 0 bridgehead atoms. The topological polar surface area (TPSA) is 76.0 Å². The molecule has 1 aromatic carbocycles. The first kappa shape index (κ1) is 16.4. The lowest BCUT2D eigenvalue weighted by molar-refractivity contribution is 0.0927. The van der Waals surface area contributed by atoms with Crippen LogP contribution >= 0.6 is 0 Å². The lowest BCUT2D eigenvalue weighted by atomic mass is 10.2. The normalized spacial score (nSPS) is 10.2. The molecule has 6 heteroatoms. The van der Waals surface area contributed by atoms with E-state index < -0.39 is 0 Å². The zero-order valence-electron chi connectivity index (χ0n) is 13.6. The van der Waals surface area contributed by atoms with Crippen molar-refractivity contribution < 1.29 is 9.59 Å². The van der Waals surface area contributed by atoms with Crippen LogP contribution in [0.1, 0.15) is 20.7 Å². The number of rotatable bonds is 6. The standard InChI is InChI=1S/C19H18N4O2/c24-18(15-5-7-17(8-6-15)23-12-1-2-13-23)21-10-11-22-19(25)16-4-3-9-20-14-16/h1-9,12-14H,10-11H2,(H,21,24)(H,22,25). The highest BCUT2D eigenvalue weighted by atomic mass is 16.2. The molecule has 2 heterocycles. The second kappa shape index (κ2) is 7.92. The van der Waals surface area contributed by atoms with E-state index >= 15 is 0 Å². The molecular weight excluding hydrogens is 316 g/mol. The molecule has 25 heavy (non-hydrogen) atoms. The third kappa shape index (κ3) is 4.32. The Labute approximate surface area is 145 Å². The summed E-state index contributed by atoms with van der Waals surface area (Å²) in [6.07, 6.45) is 7.00. The SMILES string of the molecule is O=C(NCCNC(=O)c1cccnc1)c1ccc(-n2cccc2)cc1. The number of hydrogen-bond acceptors (Lipinski definition) is 3. The van der Waals surface area contributed by atoms with E-state index in [9.17, 15) is 9.59 Å².